The molecule has 0 aliphatic rings. The lowest BCUT2D eigenvalue weighted by Crippen LogP contribution is -2.22. The van der Waals surface area contributed by atoms with E-state index >= 15 is 0 Å². The molecule has 0 aliphatic carbocycles. The predicted molar refractivity (Wildman–Crippen MR) is 73.8 cm³/mol. The summed E-state index contributed by atoms with van der Waals surface area (Å²) < 4.78 is 3.88. The molecule has 0 unspecified atom stereocenters. The Labute approximate surface area is 111 Å². The van der Waals surface area contributed by atoms with Crippen molar-refractivity contribution >= 4 is 16.5 Å². The third kappa shape index (κ3) is 2.09. The highest BCUT2D eigenvalue weighted by atomic mass is 15.2. The Kier molecular flexibility index (Phi) is 2.78. The fourth-order valence-corrected chi connectivity index (χ4v) is 2.12. The molecule has 3 aromatic rings. The van der Waals surface area contributed by atoms with Gasteiger partial charge in [-0.3, -0.25) is 0 Å². The van der Waals surface area contributed by atoms with Gasteiger partial charge < -0.3 is 0 Å². The highest BCUT2D eigenvalue weighted by molar-refractivity contribution is 5.92. The van der Waals surface area contributed by atoms with Crippen molar-refractivity contribution in [2.45, 2.75) is 0 Å². The van der Waals surface area contributed by atoms with Crippen molar-refractivity contribution in [1.82, 2.24) is 9.13 Å². The molecule has 1 heterocycles. The van der Waals surface area contributed by atoms with Crippen molar-refractivity contribution in [2.75, 3.05) is 0 Å². The zero-order valence-electron chi connectivity index (χ0n) is 11.0. The lowest BCUT2D eigenvalue weighted by Gasteiger charge is -1.97. The summed E-state index contributed by atoms with van der Waals surface area (Å²) in [7, 11) is 3.91. The Morgan fingerprint density at radius 3 is 2.37 bits per heavy atom. The molecule has 0 spiro atoms. The van der Waals surface area contributed by atoms with Crippen LogP contribution in [0.2, 0.25) is 0 Å². The van der Waals surface area contributed by atoms with Crippen molar-refractivity contribution in [3.63, 3.8) is 0 Å². The van der Waals surface area contributed by atoms with E-state index < -0.39 is 0 Å². The van der Waals surface area contributed by atoms with Crippen molar-refractivity contribution in [3.05, 3.63) is 60.5 Å². The van der Waals surface area contributed by atoms with E-state index in [-0.39, 0.29) is 0 Å². The molecule has 0 N–H and O–H groups in total. The zero-order chi connectivity index (χ0) is 13.2. The van der Waals surface area contributed by atoms with E-state index in [0.29, 0.717) is 0 Å². The summed E-state index contributed by atoms with van der Waals surface area (Å²) >= 11 is 0. The van der Waals surface area contributed by atoms with Crippen molar-refractivity contribution in [1.29, 1.82) is 0 Å². The number of fused-ring (bicyclic) bond motifs is 1. The van der Waals surface area contributed by atoms with Crippen LogP contribution in [0.15, 0.2) is 60.0 Å². The first-order chi connectivity index (χ1) is 9.25. The van der Waals surface area contributed by atoms with E-state index in [2.05, 4.69) is 28.1 Å². The van der Waals surface area contributed by atoms with Gasteiger partial charge in [0.15, 0.2) is 0 Å². The summed E-state index contributed by atoms with van der Waals surface area (Å²) in [6.45, 7) is 0. The number of benzene rings is 2. The van der Waals surface area contributed by atoms with Crippen LogP contribution in [0.5, 0.6) is 0 Å². The molecule has 4 nitrogen and oxygen atoms in total. The lowest BCUT2D eigenvalue weighted by molar-refractivity contribution is -0.151. The molecule has 0 radical (unpaired) electrons. The number of aromatic nitrogens is 2. The monoisotopic (exact) mass is 251 g/mol. The Bertz CT molecular complexity index is 805. The van der Waals surface area contributed by atoms with E-state index in [1.54, 1.807) is 0 Å². The molecular weight excluding hydrogens is 236 g/mol. The van der Waals surface area contributed by atoms with Crippen LogP contribution < -0.4 is 5.62 Å². The lowest BCUT2D eigenvalue weighted by atomic mass is 10.1. The van der Waals surface area contributed by atoms with Gasteiger partial charge in [-0.25, -0.2) is 9.13 Å². The maximum absolute atomic E-state index is 4.38. The molecular formula is C15H15N4+. The number of nitrogens with zero attached hydrogens (tertiary/aromatic N) is 4. The molecule has 0 saturated heterocycles. The smallest absolute Gasteiger partial charge is 0.222 e. The fourth-order valence-electron chi connectivity index (χ4n) is 2.12. The van der Waals surface area contributed by atoms with Gasteiger partial charge >= 0.3 is 5.62 Å². The molecule has 0 fully saturated rings. The van der Waals surface area contributed by atoms with Gasteiger partial charge in [0.25, 0.3) is 0 Å². The maximum atomic E-state index is 4.38. The third-order valence-corrected chi connectivity index (χ3v) is 3.16. The van der Waals surface area contributed by atoms with Gasteiger partial charge in [-0.15, -0.1) is 4.79 Å². The summed E-state index contributed by atoms with van der Waals surface area (Å²) in [5.41, 5.74) is 1.70. The Hall–Kier alpha value is -2.58. The minimum atomic E-state index is 0.813. The van der Waals surface area contributed by atoms with Gasteiger partial charge in [-0.05, 0) is 16.6 Å². The molecule has 94 valence electrons. The highest BCUT2D eigenvalue weighted by Crippen LogP contribution is 2.24. The molecule has 0 amide bonds. The molecule has 19 heavy (non-hydrogen) atoms. The van der Waals surface area contributed by atoms with Crippen LogP contribution >= 0.6 is 0 Å². The summed E-state index contributed by atoms with van der Waals surface area (Å²) in [6.07, 6.45) is 3.91. The van der Waals surface area contributed by atoms with Crippen molar-refractivity contribution in [3.8, 4) is 0 Å². The summed E-state index contributed by atoms with van der Waals surface area (Å²) in [6, 6.07) is 14.3. The van der Waals surface area contributed by atoms with Gasteiger partial charge in [0.1, 0.15) is 5.69 Å². The first kappa shape index (κ1) is 11.5. The molecule has 2 aromatic carbocycles. The van der Waals surface area contributed by atoms with Crippen LogP contribution in [0.3, 0.4) is 0 Å². The fraction of sp³-hybridized carbons (Fsp3) is 0.133. The second-order valence-electron chi connectivity index (χ2n) is 4.52. The van der Waals surface area contributed by atoms with Crippen LogP contribution in [0, 0.1) is 0 Å². The Morgan fingerprint density at radius 2 is 1.58 bits per heavy atom. The molecule has 0 atom stereocenters. The first-order valence-corrected chi connectivity index (χ1v) is 6.16. The molecule has 1 aromatic heterocycles. The summed E-state index contributed by atoms with van der Waals surface area (Å²) in [5, 5.41) is 6.67. The highest BCUT2D eigenvalue weighted by Gasteiger charge is 2.03. The molecule has 0 saturated carbocycles. The van der Waals surface area contributed by atoms with E-state index in [9.17, 15) is 0 Å². The van der Waals surface area contributed by atoms with Crippen LogP contribution in [0.25, 0.3) is 10.8 Å². The largest absolute Gasteiger partial charge is 0.478 e. The number of rotatable bonds is 1. The minimum absolute atomic E-state index is 0.813. The normalized spacial score (nSPS) is 10.4. The average molecular weight is 251 g/mol. The SMILES string of the molecule is Cn1ccn(C)c1=[N+]=Nc1cccc2ccccc12. The zero-order valence-corrected chi connectivity index (χ0v) is 11.0. The summed E-state index contributed by atoms with van der Waals surface area (Å²) in [5.74, 6) is 0. The quantitative estimate of drug-likeness (QED) is 0.470. The second-order valence-corrected chi connectivity index (χ2v) is 4.52. The molecule has 3 rings (SSSR count). The van der Waals surface area contributed by atoms with Gasteiger partial charge in [0, 0.05) is 5.39 Å². The second kappa shape index (κ2) is 4.59. The van der Waals surface area contributed by atoms with E-state index in [4.69, 9.17) is 0 Å². The Morgan fingerprint density at radius 1 is 0.895 bits per heavy atom. The standard InChI is InChI=1S/C15H15N4/c1-18-10-11-19(2)15(18)17-16-14-9-5-7-12-6-3-4-8-13(12)14/h3-11H,1-2H3/q+1. The van der Waals surface area contributed by atoms with E-state index in [1.807, 2.05) is 59.9 Å². The van der Waals surface area contributed by atoms with Gasteiger partial charge in [0.05, 0.1) is 26.5 Å². The predicted octanol–water partition coefficient (Wildman–Crippen LogP) is 2.41. The van der Waals surface area contributed by atoms with Crippen molar-refractivity contribution < 1.29 is 4.79 Å². The minimum Gasteiger partial charge on any atom is -0.222 e. The average Bonchev–Trinajstić information content (AvgIpc) is 2.76. The van der Waals surface area contributed by atoms with Crippen LogP contribution in [-0.4, -0.2) is 13.9 Å². The summed E-state index contributed by atoms with van der Waals surface area (Å²) in [4.78, 5) is 4.34. The van der Waals surface area contributed by atoms with Crippen LogP contribution in [-0.2, 0) is 14.1 Å². The van der Waals surface area contributed by atoms with Crippen LogP contribution in [0.1, 0.15) is 0 Å². The molecule has 0 bridgehead atoms. The maximum Gasteiger partial charge on any atom is 0.478 e. The first-order valence-electron chi connectivity index (χ1n) is 6.16. The number of aryl methyl sites for hydroxylation is 2. The van der Waals surface area contributed by atoms with E-state index in [1.165, 1.54) is 5.39 Å². The van der Waals surface area contributed by atoms with Crippen molar-refractivity contribution in [2.24, 2.45) is 19.2 Å². The Balaban J connectivity index is 2.25. The third-order valence-electron chi connectivity index (χ3n) is 3.16. The van der Waals surface area contributed by atoms with Gasteiger partial charge in [0.2, 0.25) is 0 Å². The topological polar surface area (TPSA) is 36.3 Å². The molecule has 4 heteroatoms. The van der Waals surface area contributed by atoms with Crippen LogP contribution in [0.4, 0.5) is 5.69 Å². The number of hydrogen-bond donors (Lipinski definition) is 0. The molecule has 0 aliphatic heterocycles. The number of hydrogen-bond acceptors (Lipinski definition) is 1. The number of imidazole rings is 1. The van der Waals surface area contributed by atoms with Gasteiger partial charge in [-0.2, -0.15) is 0 Å². The van der Waals surface area contributed by atoms with E-state index in [0.717, 1.165) is 16.7 Å². The van der Waals surface area contributed by atoms with Gasteiger partial charge in [-0.1, -0.05) is 36.4 Å².